The minimum Gasteiger partial charge on any atom is -0.490 e. The molecule has 0 unspecified atom stereocenters. The normalized spacial score (nSPS) is 17.4. The fourth-order valence-electron chi connectivity index (χ4n) is 6.40. The summed E-state index contributed by atoms with van der Waals surface area (Å²) in [4.78, 5) is 29.8. The van der Waals surface area contributed by atoms with Gasteiger partial charge in [-0.25, -0.2) is 0 Å². The molecular weight excluding hydrogens is 661 g/mol. The summed E-state index contributed by atoms with van der Waals surface area (Å²) in [7, 11) is 0. The van der Waals surface area contributed by atoms with Crippen LogP contribution in [0.25, 0.3) is 0 Å². The minimum atomic E-state index is -0.402. The summed E-state index contributed by atoms with van der Waals surface area (Å²) < 4.78 is 13.3. The van der Waals surface area contributed by atoms with E-state index in [-0.39, 0.29) is 11.6 Å². The highest BCUT2D eigenvalue weighted by Gasteiger charge is 2.43. The summed E-state index contributed by atoms with van der Waals surface area (Å²) in [5.74, 6) is 1.16. The van der Waals surface area contributed by atoms with Crippen molar-refractivity contribution in [2.24, 2.45) is 0 Å². The van der Waals surface area contributed by atoms with Crippen molar-refractivity contribution in [3.8, 4) is 11.5 Å². The summed E-state index contributed by atoms with van der Waals surface area (Å²) in [5, 5.41) is 0.680. The quantitative estimate of drug-likeness (QED) is 0.222. The number of halogens is 2. The fourth-order valence-corrected chi connectivity index (χ4v) is 7.31. The van der Waals surface area contributed by atoms with Gasteiger partial charge >= 0.3 is 0 Å². The fraction of sp³-hybridized carbons (Fsp3) is 0.314. The predicted molar refractivity (Wildman–Crippen MR) is 173 cm³/mol. The van der Waals surface area contributed by atoms with Crippen LogP contribution in [-0.2, 0) is 22.7 Å². The highest BCUT2D eigenvalue weighted by molar-refractivity contribution is 14.1. The molecule has 3 aromatic carbocycles. The first kappa shape index (κ1) is 29.0. The lowest BCUT2D eigenvalue weighted by molar-refractivity contribution is -0.117. The predicted octanol–water partition coefficient (Wildman–Crippen LogP) is 8.54. The summed E-state index contributed by atoms with van der Waals surface area (Å²) in [6.07, 6.45) is 4.31. The second-order valence-electron chi connectivity index (χ2n) is 11.0. The van der Waals surface area contributed by atoms with Gasteiger partial charge in [0.1, 0.15) is 6.61 Å². The molecule has 1 aliphatic heterocycles. The number of carbonyl (C=O) groups is 2. The molecule has 5 nitrogen and oxygen atoms in total. The van der Waals surface area contributed by atoms with Crippen molar-refractivity contribution in [3.63, 3.8) is 0 Å². The smallest absolute Gasteiger partial charge is 0.174 e. The maximum absolute atomic E-state index is 13.8. The van der Waals surface area contributed by atoms with E-state index in [0.717, 1.165) is 62.9 Å². The van der Waals surface area contributed by atoms with E-state index in [4.69, 9.17) is 21.1 Å². The lowest BCUT2D eigenvalue weighted by Crippen LogP contribution is -2.38. The Balaban J connectivity index is 1.45. The van der Waals surface area contributed by atoms with Crippen LogP contribution in [0, 0.1) is 3.57 Å². The van der Waals surface area contributed by atoms with E-state index in [1.165, 1.54) is 5.56 Å². The SMILES string of the molecule is CCOc1cc(C2C3=C(CCCC3=O)N(Cc3ccccc3)C3=C2C(=O)CCC3)cc(I)c1OCc1ccc(Cl)cc1. The van der Waals surface area contributed by atoms with Crippen LogP contribution in [0.1, 0.15) is 68.1 Å². The molecule has 2 aliphatic carbocycles. The number of Topliss-reactive ketones (excluding diaryl/α,β-unsaturated/α-hetero) is 2. The van der Waals surface area contributed by atoms with E-state index in [0.29, 0.717) is 49.1 Å². The lowest BCUT2D eigenvalue weighted by atomic mass is 9.71. The molecule has 0 radical (unpaired) electrons. The summed E-state index contributed by atoms with van der Waals surface area (Å²) in [6, 6.07) is 22.0. The maximum atomic E-state index is 13.8. The molecule has 0 amide bonds. The van der Waals surface area contributed by atoms with Crippen molar-refractivity contribution in [3.05, 3.63) is 115 Å². The molecule has 0 spiro atoms. The van der Waals surface area contributed by atoms with Crippen LogP contribution in [0.2, 0.25) is 5.02 Å². The Kier molecular flexibility index (Phi) is 8.72. The van der Waals surface area contributed by atoms with E-state index in [1.54, 1.807) is 0 Å². The maximum Gasteiger partial charge on any atom is 0.174 e. The van der Waals surface area contributed by atoms with Gasteiger partial charge in [0.05, 0.1) is 10.2 Å². The monoisotopic (exact) mass is 693 g/mol. The number of nitrogens with zero attached hydrogens (tertiary/aromatic N) is 1. The molecule has 0 saturated carbocycles. The van der Waals surface area contributed by atoms with Crippen LogP contribution in [0.5, 0.6) is 11.5 Å². The lowest BCUT2D eigenvalue weighted by Gasteiger charge is -2.44. The highest BCUT2D eigenvalue weighted by Crippen LogP contribution is 2.51. The second-order valence-corrected chi connectivity index (χ2v) is 12.6. The van der Waals surface area contributed by atoms with Crippen LogP contribution in [0.15, 0.2) is 89.3 Å². The van der Waals surface area contributed by atoms with Gasteiger partial charge < -0.3 is 14.4 Å². The van der Waals surface area contributed by atoms with Crippen LogP contribution in [0.3, 0.4) is 0 Å². The summed E-state index contributed by atoms with van der Waals surface area (Å²) >= 11 is 8.34. The molecule has 0 N–H and O–H groups in total. The van der Waals surface area contributed by atoms with Gasteiger partial charge in [0.25, 0.3) is 0 Å². The zero-order valence-electron chi connectivity index (χ0n) is 23.6. The van der Waals surface area contributed by atoms with Gasteiger partial charge in [-0.15, -0.1) is 0 Å². The molecule has 6 rings (SSSR count). The van der Waals surface area contributed by atoms with Crippen molar-refractivity contribution in [1.29, 1.82) is 0 Å². The highest BCUT2D eigenvalue weighted by atomic mass is 127. The molecule has 0 aromatic heterocycles. The topological polar surface area (TPSA) is 55.8 Å². The van der Waals surface area contributed by atoms with E-state index < -0.39 is 5.92 Å². The third kappa shape index (κ3) is 5.76. The number of carbonyl (C=O) groups excluding carboxylic acids is 2. The molecule has 3 aromatic rings. The van der Waals surface area contributed by atoms with Crippen molar-refractivity contribution in [1.82, 2.24) is 4.90 Å². The standard InChI is InChI=1S/C35H33ClINO4/c1-2-41-31-19-24(18-26(37)35(31)42-21-23-14-16-25(36)17-15-23)32-33-27(10-6-12-29(33)39)38(20-22-8-4-3-5-9-22)28-11-7-13-30(40)34(28)32/h3-5,8-9,14-19,32H,2,6-7,10-13,20-21H2,1H3. The number of rotatable bonds is 8. The Labute approximate surface area is 265 Å². The Bertz CT molecular complexity index is 1530. The van der Waals surface area contributed by atoms with Gasteiger partial charge in [-0.3, -0.25) is 9.59 Å². The first-order valence-electron chi connectivity index (χ1n) is 14.6. The van der Waals surface area contributed by atoms with Crippen molar-refractivity contribution >= 4 is 45.8 Å². The number of benzene rings is 3. The van der Waals surface area contributed by atoms with Crippen LogP contribution in [0.4, 0.5) is 0 Å². The molecule has 0 saturated heterocycles. The van der Waals surface area contributed by atoms with Gasteiger partial charge in [0.2, 0.25) is 0 Å². The Morgan fingerprint density at radius 3 is 2.10 bits per heavy atom. The minimum absolute atomic E-state index is 0.139. The van der Waals surface area contributed by atoms with Crippen LogP contribution in [-0.4, -0.2) is 23.1 Å². The first-order valence-corrected chi connectivity index (χ1v) is 16.1. The number of hydrogen-bond acceptors (Lipinski definition) is 5. The molecule has 1 heterocycles. The van der Waals surface area contributed by atoms with E-state index in [1.807, 2.05) is 55.5 Å². The second kappa shape index (κ2) is 12.6. The number of hydrogen-bond donors (Lipinski definition) is 0. The Morgan fingerprint density at radius 1 is 0.833 bits per heavy atom. The van der Waals surface area contributed by atoms with E-state index in [9.17, 15) is 9.59 Å². The average molecular weight is 694 g/mol. The first-order chi connectivity index (χ1) is 20.4. The average Bonchev–Trinajstić information content (AvgIpc) is 2.99. The van der Waals surface area contributed by atoms with Gasteiger partial charge in [0.15, 0.2) is 23.1 Å². The molecule has 0 fully saturated rings. The van der Waals surface area contributed by atoms with Crippen molar-refractivity contribution < 1.29 is 19.1 Å². The molecule has 0 bridgehead atoms. The molecule has 0 atom stereocenters. The summed E-state index contributed by atoms with van der Waals surface area (Å²) in [6.45, 7) is 3.43. The number of ketones is 2. The van der Waals surface area contributed by atoms with Crippen LogP contribution >= 0.6 is 34.2 Å². The van der Waals surface area contributed by atoms with Gasteiger partial charge in [0, 0.05) is 52.9 Å². The number of ether oxygens (including phenoxy) is 2. The third-order valence-electron chi connectivity index (χ3n) is 8.23. The van der Waals surface area contributed by atoms with E-state index in [2.05, 4.69) is 45.7 Å². The van der Waals surface area contributed by atoms with Gasteiger partial charge in [-0.1, -0.05) is 54.1 Å². The molecule has 42 heavy (non-hydrogen) atoms. The van der Waals surface area contributed by atoms with E-state index >= 15 is 0 Å². The largest absolute Gasteiger partial charge is 0.490 e. The molecule has 3 aliphatic rings. The zero-order chi connectivity index (χ0) is 29.2. The third-order valence-corrected chi connectivity index (χ3v) is 9.28. The molecule has 216 valence electrons. The molecule has 7 heteroatoms. The molecular formula is C35H33ClINO4. The van der Waals surface area contributed by atoms with Crippen LogP contribution < -0.4 is 9.47 Å². The van der Waals surface area contributed by atoms with Gasteiger partial charge in [-0.2, -0.15) is 0 Å². The van der Waals surface area contributed by atoms with Crippen molar-refractivity contribution in [2.75, 3.05) is 6.61 Å². The zero-order valence-corrected chi connectivity index (χ0v) is 26.5. The van der Waals surface area contributed by atoms with Crippen molar-refractivity contribution in [2.45, 2.75) is 64.5 Å². The Hall–Kier alpha value is -3.10. The summed E-state index contributed by atoms with van der Waals surface area (Å²) in [5.41, 5.74) is 6.78. The Morgan fingerprint density at radius 2 is 1.48 bits per heavy atom. The number of allylic oxidation sites excluding steroid dienone is 4. The van der Waals surface area contributed by atoms with Gasteiger partial charge in [-0.05, 0) is 96.2 Å².